The van der Waals surface area contributed by atoms with Gasteiger partial charge in [0.1, 0.15) is 6.04 Å². The molecule has 0 aliphatic heterocycles. The maximum atomic E-state index is 12.4. The highest BCUT2D eigenvalue weighted by Gasteiger charge is 2.26. The first kappa shape index (κ1) is 18.7. The van der Waals surface area contributed by atoms with E-state index in [1.54, 1.807) is 12.1 Å². The number of methoxy groups -OCH3 is 2. The number of nitriles is 1. The van der Waals surface area contributed by atoms with Crippen molar-refractivity contribution in [3.8, 4) is 6.07 Å². The Kier molecular flexibility index (Phi) is 8.40. The molecule has 0 saturated carbocycles. The summed E-state index contributed by atoms with van der Waals surface area (Å²) >= 11 is 0. The minimum Gasteiger partial charge on any atom is -0.467 e. The van der Waals surface area contributed by atoms with Crippen LogP contribution in [-0.4, -0.2) is 32.1 Å². The SMILES string of the molecule is COC(=O)[C@H](CCCCC#N)NC(=O)[C@H](OC)c1ccccc1. The number of rotatable bonds is 9. The molecule has 0 aliphatic carbocycles. The number of amides is 1. The van der Waals surface area contributed by atoms with Crippen molar-refractivity contribution in [1.82, 2.24) is 5.32 Å². The molecule has 1 N–H and O–H groups in total. The molecule has 1 rings (SSSR count). The number of carbonyl (C=O) groups excluding carboxylic acids is 2. The number of esters is 1. The average molecular weight is 318 g/mol. The van der Waals surface area contributed by atoms with Crippen LogP contribution in [-0.2, 0) is 19.1 Å². The Labute approximate surface area is 136 Å². The quantitative estimate of drug-likeness (QED) is 0.556. The van der Waals surface area contributed by atoms with Crippen LogP contribution < -0.4 is 5.32 Å². The number of nitrogens with zero attached hydrogens (tertiary/aromatic N) is 1. The fourth-order valence-corrected chi connectivity index (χ4v) is 2.21. The van der Waals surface area contributed by atoms with Gasteiger partial charge < -0.3 is 14.8 Å². The van der Waals surface area contributed by atoms with Crippen molar-refractivity contribution < 1.29 is 19.1 Å². The highest BCUT2D eigenvalue weighted by molar-refractivity contribution is 5.87. The molecule has 0 heterocycles. The van der Waals surface area contributed by atoms with Gasteiger partial charge in [-0.1, -0.05) is 30.3 Å². The third-order valence-electron chi connectivity index (χ3n) is 3.41. The predicted octanol–water partition coefficient (Wildman–Crippen LogP) is 2.12. The van der Waals surface area contributed by atoms with Gasteiger partial charge in [-0.25, -0.2) is 4.79 Å². The summed E-state index contributed by atoms with van der Waals surface area (Å²) < 4.78 is 9.98. The van der Waals surface area contributed by atoms with Gasteiger partial charge in [0.05, 0.1) is 13.2 Å². The Balaban J connectivity index is 2.71. The molecule has 0 unspecified atom stereocenters. The third-order valence-corrected chi connectivity index (χ3v) is 3.41. The Morgan fingerprint density at radius 2 is 1.91 bits per heavy atom. The van der Waals surface area contributed by atoms with Crippen LogP contribution in [0.25, 0.3) is 0 Å². The van der Waals surface area contributed by atoms with Crippen LogP contribution >= 0.6 is 0 Å². The fourth-order valence-electron chi connectivity index (χ4n) is 2.21. The lowest BCUT2D eigenvalue weighted by Crippen LogP contribution is -2.44. The molecule has 1 aromatic rings. The summed E-state index contributed by atoms with van der Waals surface area (Å²) in [5.41, 5.74) is 0.709. The van der Waals surface area contributed by atoms with Crippen LogP contribution in [0.5, 0.6) is 0 Å². The lowest BCUT2D eigenvalue weighted by Gasteiger charge is -2.20. The van der Waals surface area contributed by atoms with Crippen molar-refractivity contribution in [2.75, 3.05) is 14.2 Å². The van der Waals surface area contributed by atoms with Crippen LogP contribution in [0.15, 0.2) is 30.3 Å². The molecule has 1 aromatic carbocycles. The smallest absolute Gasteiger partial charge is 0.328 e. The van der Waals surface area contributed by atoms with Crippen molar-refractivity contribution >= 4 is 11.9 Å². The molecule has 2 atom stereocenters. The number of unbranched alkanes of at least 4 members (excludes halogenated alkanes) is 2. The molecule has 124 valence electrons. The summed E-state index contributed by atoms with van der Waals surface area (Å²) in [5, 5.41) is 11.2. The number of ether oxygens (including phenoxy) is 2. The van der Waals surface area contributed by atoms with E-state index >= 15 is 0 Å². The fraction of sp³-hybridized carbons (Fsp3) is 0.471. The van der Waals surface area contributed by atoms with E-state index in [1.165, 1.54) is 14.2 Å². The lowest BCUT2D eigenvalue weighted by atomic mass is 10.1. The predicted molar refractivity (Wildman–Crippen MR) is 84.2 cm³/mol. The van der Waals surface area contributed by atoms with E-state index in [2.05, 4.69) is 11.4 Å². The van der Waals surface area contributed by atoms with Gasteiger partial charge in [0.25, 0.3) is 5.91 Å². The van der Waals surface area contributed by atoms with E-state index in [4.69, 9.17) is 14.7 Å². The normalized spacial score (nSPS) is 12.7. The molecule has 0 aromatic heterocycles. The third kappa shape index (κ3) is 6.09. The maximum Gasteiger partial charge on any atom is 0.328 e. The van der Waals surface area contributed by atoms with E-state index in [-0.39, 0.29) is 0 Å². The van der Waals surface area contributed by atoms with Crippen LogP contribution in [0, 0.1) is 11.3 Å². The maximum absolute atomic E-state index is 12.4. The van der Waals surface area contributed by atoms with Crippen LogP contribution in [0.1, 0.15) is 37.4 Å². The lowest BCUT2D eigenvalue weighted by molar-refractivity contribution is -0.147. The summed E-state index contributed by atoms with van der Waals surface area (Å²) in [4.78, 5) is 24.2. The standard InChI is InChI=1S/C17H22N2O4/c1-22-15(13-9-5-3-6-10-13)16(20)19-14(17(21)23-2)11-7-4-8-12-18/h3,5-6,9-10,14-15H,4,7-8,11H2,1-2H3,(H,19,20)/t14-,15+/m0/s1. The van der Waals surface area contributed by atoms with Gasteiger partial charge in [0, 0.05) is 13.5 Å². The summed E-state index contributed by atoms with van der Waals surface area (Å²) in [6, 6.07) is 10.4. The number of hydrogen-bond acceptors (Lipinski definition) is 5. The van der Waals surface area contributed by atoms with Crippen LogP contribution in [0.2, 0.25) is 0 Å². The minimum atomic E-state index is -0.789. The van der Waals surface area contributed by atoms with Crippen molar-refractivity contribution in [2.24, 2.45) is 0 Å². The van der Waals surface area contributed by atoms with E-state index < -0.39 is 24.0 Å². The Bertz CT molecular complexity index is 539. The van der Waals surface area contributed by atoms with Gasteiger partial charge >= 0.3 is 5.97 Å². The van der Waals surface area contributed by atoms with Crippen LogP contribution in [0.4, 0.5) is 0 Å². The molecular formula is C17H22N2O4. The molecule has 0 radical (unpaired) electrons. The number of carbonyl (C=O) groups is 2. The summed E-state index contributed by atoms with van der Waals surface area (Å²) in [6.45, 7) is 0. The molecular weight excluding hydrogens is 296 g/mol. The largest absolute Gasteiger partial charge is 0.467 e. The van der Waals surface area contributed by atoms with E-state index in [9.17, 15) is 9.59 Å². The summed E-state index contributed by atoms with van der Waals surface area (Å²) in [5.74, 6) is -0.896. The number of benzene rings is 1. The van der Waals surface area contributed by atoms with Gasteiger partial charge in [-0.2, -0.15) is 5.26 Å². The molecule has 0 aliphatic rings. The Hall–Kier alpha value is -2.39. The zero-order chi connectivity index (χ0) is 17.1. The van der Waals surface area contributed by atoms with E-state index in [1.807, 2.05) is 18.2 Å². The topological polar surface area (TPSA) is 88.4 Å². The van der Waals surface area contributed by atoms with Crippen molar-refractivity contribution in [3.05, 3.63) is 35.9 Å². The van der Waals surface area contributed by atoms with Gasteiger partial charge in [-0.05, 0) is 24.8 Å². The average Bonchev–Trinajstić information content (AvgIpc) is 2.58. The van der Waals surface area contributed by atoms with Crippen LogP contribution in [0.3, 0.4) is 0 Å². The second-order valence-corrected chi connectivity index (χ2v) is 5.01. The van der Waals surface area contributed by atoms with Gasteiger partial charge in [0.2, 0.25) is 0 Å². The zero-order valence-corrected chi connectivity index (χ0v) is 13.5. The van der Waals surface area contributed by atoms with Crippen molar-refractivity contribution in [2.45, 2.75) is 37.8 Å². The molecule has 0 spiro atoms. The van der Waals surface area contributed by atoms with Crippen molar-refractivity contribution in [3.63, 3.8) is 0 Å². The monoisotopic (exact) mass is 318 g/mol. The highest BCUT2D eigenvalue weighted by atomic mass is 16.5. The second-order valence-electron chi connectivity index (χ2n) is 5.01. The minimum absolute atomic E-state index is 0.394. The van der Waals surface area contributed by atoms with Gasteiger partial charge in [0.15, 0.2) is 6.10 Å². The Morgan fingerprint density at radius 1 is 1.22 bits per heavy atom. The molecule has 0 bridgehead atoms. The number of hydrogen-bond donors (Lipinski definition) is 1. The molecule has 6 heteroatoms. The zero-order valence-electron chi connectivity index (χ0n) is 13.5. The first-order chi connectivity index (χ1) is 11.1. The first-order valence-electron chi connectivity index (χ1n) is 7.47. The van der Waals surface area contributed by atoms with Gasteiger partial charge in [-0.3, -0.25) is 4.79 Å². The molecule has 1 amide bonds. The number of nitrogens with one attached hydrogen (secondary N) is 1. The van der Waals surface area contributed by atoms with E-state index in [0.29, 0.717) is 31.2 Å². The second kappa shape index (κ2) is 10.4. The molecule has 6 nitrogen and oxygen atoms in total. The molecule has 0 fully saturated rings. The highest BCUT2D eigenvalue weighted by Crippen LogP contribution is 2.17. The Morgan fingerprint density at radius 3 is 2.48 bits per heavy atom. The van der Waals surface area contributed by atoms with Gasteiger partial charge in [-0.15, -0.1) is 0 Å². The molecule has 23 heavy (non-hydrogen) atoms. The van der Waals surface area contributed by atoms with E-state index in [0.717, 1.165) is 0 Å². The first-order valence-corrected chi connectivity index (χ1v) is 7.47. The molecule has 0 saturated heterocycles. The van der Waals surface area contributed by atoms with Crippen molar-refractivity contribution in [1.29, 1.82) is 5.26 Å². The summed E-state index contributed by atoms with van der Waals surface area (Å²) in [6.07, 6.45) is 1.38. The summed E-state index contributed by atoms with van der Waals surface area (Å²) in [7, 11) is 2.72.